The number of hydrogen-bond acceptors (Lipinski definition) is 7. The summed E-state index contributed by atoms with van der Waals surface area (Å²) >= 11 is 0. The van der Waals surface area contributed by atoms with Crippen molar-refractivity contribution in [2.45, 2.75) is 94.8 Å². The molecule has 0 unspecified atom stereocenters. The molecule has 0 aromatic rings. The van der Waals surface area contributed by atoms with Crippen LogP contribution in [0.15, 0.2) is 12.2 Å². The lowest BCUT2D eigenvalue weighted by molar-refractivity contribution is -0.146. The molecule has 0 bridgehead atoms. The highest BCUT2D eigenvalue weighted by Crippen LogP contribution is 2.57. The average molecular weight is 529 g/mol. The van der Waals surface area contributed by atoms with Gasteiger partial charge in [0.1, 0.15) is 11.4 Å². The molecule has 0 spiro atoms. The molecule has 2 amide bonds. The molecule has 2 heterocycles. The number of carbonyl (C=O) groups excluding carboxylic acids is 3. The summed E-state index contributed by atoms with van der Waals surface area (Å²) in [7, 11) is -4.23. The van der Waals surface area contributed by atoms with Crippen LogP contribution in [0.2, 0.25) is 0 Å². The number of nitrogens with one attached hydrogen (secondary N) is 1. The summed E-state index contributed by atoms with van der Waals surface area (Å²) in [5.74, 6) is -2.39. The van der Waals surface area contributed by atoms with Crippen LogP contribution in [0.1, 0.15) is 65.7 Å². The quantitative estimate of drug-likeness (QED) is 0.531. The van der Waals surface area contributed by atoms with Crippen molar-refractivity contribution in [3.05, 3.63) is 12.2 Å². The first kappa shape index (κ1) is 27.2. The van der Waals surface area contributed by atoms with E-state index in [0.29, 0.717) is 12.8 Å². The van der Waals surface area contributed by atoms with Crippen LogP contribution in [0.3, 0.4) is 0 Å². The lowest BCUT2D eigenvalue weighted by atomic mass is 9.91. The molecule has 0 aromatic heterocycles. The van der Waals surface area contributed by atoms with Crippen LogP contribution in [0, 0.1) is 17.3 Å². The molecule has 202 valence electrons. The molecular weight excluding hydrogens is 491 g/mol. The molecule has 2 saturated carbocycles. The SMILES string of the molecule is C[C@@H]1CC/C=C\[C@@H]2C[C@@]2(C(=O)NS(=O)(=O)C2(CF)CC2)CC(=O)[C@@H]2C[C@@H](O)CN2C(=O)[C@@H](C)[C@H](C)O1. The van der Waals surface area contributed by atoms with E-state index in [1.54, 1.807) is 6.92 Å². The van der Waals surface area contributed by atoms with E-state index in [1.807, 2.05) is 26.0 Å². The Hall–Kier alpha value is -1.85. The predicted octanol–water partition coefficient (Wildman–Crippen LogP) is 1.64. The summed E-state index contributed by atoms with van der Waals surface area (Å²) < 4.78 is 45.4. The Kier molecular flexibility index (Phi) is 7.40. The third-order valence-corrected chi connectivity index (χ3v) is 10.6. The van der Waals surface area contributed by atoms with Crippen molar-refractivity contribution in [3.63, 3.8) is 0 Å². The zero-order chi connectivity index (χ0) is 26.5. The molecule has 36 heavy (non-hydrogen) atoms. The Morgan fingerprint density at radius 1 is 1.28 bits per heavy atom. The van der Waals surface area contributed by atoms with E-state index in [-0.39, 0.29) is 62.4 Å². The maximum atomic E-state index is 13.5. The summed E-state index contributed by atoms with van der Waals surface area (Å²) in [6.07, 6.45) is 4.08. The highest BCUT2D eigenvalue weighted by atomic mass is 32.2. The Morgan fingerprint density at radius 2 is 1.97 bits per heavy atom. The molecule has 3 fully saturated rings. The number of aliphatic hydroxyl groups excluding tert-OH is 1. The number of carbonyl (C=O) groups is 3. The number of fused-ring (bicyclic) bond motifs is 2. The Labute approximate surface area is 211 Å². The zero-order valence-electron chi connectivity index (χ0n) is 21.1. The van der Waals surface area contributed by atoms with Crippen molar-refractivity contribution in [1.29, 1.82) is 0 Å². The predicted molar refractivity (Wildman–Crippen MR) is 129 cm³/mol. The Bertz CT molecular complexity index is 1040. The van der Waals surface area contributed by atoms with Gasteiger partial charge in [0.15, 0.2) is 5.78 Å². The summed E-state index contributed by atoms with van der Waals surface area (Å²) in [4.78, 5) is 41.5. The van der Waals surface area contributed by atoms with Crippen LogP contribution in [0.25, 0.3) is 0 Å². The number of ether oxygens (including phenoxy) is 1. The fourth-order valence-corrected chi connectivity index (χ4v) is 6.92. The third-order valence-electron chi connectivity index (χ3n) is 8.51. The van der Waals surface area contributed by atoms with Crippen molar-refractivity contribution < 1.29 is 37.0 Å². The summed E-state index contributed by atoms with van der Waals surface area (Å²) in [6.45, 7) is 4.41. The smallest absolute Gasteiger partial charge is 0.243 e. The molecule has 2 N–H and O–H groups in total. The van der Waals surface area contributed by atoms with Crippen LogP contribution in [0.5, 0.6) is 0 Å². The molecule has 1 saturated heterocycles. The zero-order valence-corrected chi connectivity index (χ0v) is 21.9. The molecule has 0 radical (unpaired) electrons. The molecule has 0 aromatic carbocycles. The minimum Gasteiger partial charge on any atom is -0.391 e. The van der Waals surface area contributed by atoms with E-state index in [2.05, 4.69) is 4.72 Å². The van der Waals surface area contributed by atoms with Gasteiger partial charge in [-0.3, -0.25) is 19.1 Å². The highest BCUT2D eigenvalue weighted by Gasteiger charge is 2.63. The topological polar surface area (TPSA) is 130 Å². The van der Waals surface area contributed by atoms with Crippen molar-refractivity contribution in [3.8, 4) is 0 Å². The number of allylic oxidation sites excluding steroid dienone is 2. The van der Waals surface area contributed by atoms with E-state index in [4.69, 9.17) is 4.74 Å². The van der Waals surface area contributed by atoms with E-state index >= 15 is 0 Å². The van der Waals surface area contributed by atoms with Crippen molar-refractivity contribution >= 4 is 27.6 Å². The van der Waals surface area contributed by atoms with Crippen LogP contribution >= 0.6 is 0 Å². The first-order chi connectivity index (χ1) is 16.9. The minimum atomic E-state index is -4.23. The molecule has 9 nitrogen and oxygen atoms in total. The number of alkyl halides is 1. The average Bonchev–Trinajstić information content (AvgIpc) is 3.71. The van der Waals surface area contributed by atoms with E-state index < -0.39 is 56.9 Å². The normalized spacial score (nSPS) is 39.9. The molecular formula is C25H37FN2O7S. The second-order valence-electron chi connectivity index (χ2n) is 11.2. The highest BCUT2D eigenvalue weighted by molar-refractivity contribution is 7.91. The molecule has 4 aliphatic rings. The van der Waals surface area contributed by atoms with Gasteiger partial charge in [-0.1, -0.05) is 19.1 Å². The molecule has 4 rings (SSSR count). The molecule has 2 aliphatic carbocycles. The monoisotopic (exact) mass is 528 g/mol. The third kappa shape index (κ3) is 4.98. The fraction of sp³-hybridized carbons (Fsp3) is 0.800. The first-order valence-corrected chi connectivity index (χ1v) is 14.3. The van der Waals surface area contributed by atoms with Crippen LogP contribution in [-0.4, -0.2) is 78.3 Å². The van der Waals surface area contributed by atoms with Gasteiger partial charge >= 0.3 is 0 Å². The van der Waals surface area contributed by atoms with Gasteiger partial charge in [0.25, 0.3) is 0 Å². The molecule has 2 aliphatic heterocycles. The number of nitrogens with zero attached hydrogens (tertiary/aromatic N) is 1. The maximum Gasteiger partial charge on any atom is 0.243 e. The number of Topliss-reactive ketones (excluding diaryl/α,β-unsaturated/α-hetero) is 1. The number of hydrogen-bond donors (Lipinski definition) is 2. The number of amides is 2. The number of aliphatic hydroxyl groups is 1. The first-order valence-electron chi connectivity index (χ1n) is 12.8. The van der Waals surface area contributed by atoms with Crippen molar-refractivity contribution in [2.75, 3.05) is 13.2 Å². The standard InChI is InChI=1S/C25H37FN2O7S/c1-15-6-4-5-7-18-11-25(18,23(32)27-36(33,34)24(14-26)8-9-24)12-21(30)20-10-19(29)13-28(20)22(31)16(2)17(3)35-15/h5,7,15-20,29H,4,6,8-14H2,1-3H3,(H,27,32)/b7-5-/t15-,16+,17+,18-,19-,20+,25-/m1/s1. The van der Waals surface area contributed by atoms with E-state index in [9.17, 15) is 32.3 Å². The van der Waals surface area contributed by atoms with Gasteiger partial charge in [-0.2, -0.15) is 0 Å². The van der Waals surface area contributed by atoms with E-state index in [0.717, 1.165) is 0 Å². The van der Waals surface area contributed by atoms with Gasteiger partial charge in [0, 0.05) is 19.4 Å². The van der Waals surface area contributed by atoms with Crippen LogP contribution in [-0.2, 0) is 29.1 Å². The Balaban J connectivity index is 1.61. The van der Waals surface area contributed by atoms with Crippen molar-refractivity contribution in [1.82, 2.24) is 9.62 Å². The molecule has 11 heteroatoms. The van der Waals surface area contributed by atoms with Gasteiger partial charge < -0.3 is 14.7 Å². The molecule has 7 atom stereocenters. The second kappa shape index (κ2) is 9.79. The van der Waals surface area contributed by atoms with Gasteiger partial charge in [0.2, 0.25) is 21.8 Å². The largest absolute Gasteiger partial charge is 0.391 e. The number of ketones is 1. The lowest BCUT2D eigenvalue weighted by Gasteiger charge is -2.30. The number of halogens is 1. The maximum absolute atomic E-state index is 13.5. The van der Waals surface area contributed by atoms with Gasteiger partial charge in [0.05, 0.1) is 35.7 Å². The van der Waals surface area contributed by atoms with E-state index in [1.165, 1.54) is 4.90 Å². The second-order valence-corrected chi connectivity index (χ2v) is 13.3. The summed E-state index contributed by atoms with van der Waals surface area (Å²) in [5.41, 5.74) is -1.28. The van der Waals surface area contributed by atoms with Gasteiger partial charge in [-0.05, 0) is 51.9 Å². The van der Waals surface area contributed by atoms with Crippen molar-refractivity contribution in [2.24, 2.45) is 17.3 Å². The fourth-order valence-electron chi connectivity index (χ4n) is 5.47. The lowest BCUT2D eigenvalue weighted by Crippen LogP contribution is -2.48. The summed E-state index contributed by atoms with van der Waals surface area (Å²) in [6, 6.07) is -0.906. The van der Waals surface area contributed by atoms with Crippen LogP contribution < -0.4 is 4.72 Å². The van der Waals surface area contributed by atoms with Crippen LogP contribution in [0.4, 0.5) is 4.39 Å². The number of rotatable bonds is 4. The number of sulfonamides is 1. The minimum absolute atomic E-state index is 0.0117. The summed E-state index contributed by atoms with van der Waals surface area (Å²) in [5, 5.41) is 10.3. The Morgan fingerprint density at radius 3 is 2.61 bits per heavy atom. The van der Waals surface area contributed by atoms with Gasteiger partial charge in [-0.25, -0.2) is 12.8 Å². The van der Waals surface area contributed by atoms with Gasteiger partial charge in [-0.15, -0.1) is 0 Å².